The number of hydrogen-bond donors (Lipinski definition) is 1. The van der Waals surface area contributed by atoms with E-state index in [1.54, 1.807) is 67.8 Å². The van der Waals surface area contributed by atoms with Crippen molar-refractivity contribution in [3.05, 3.63) is 77.7 Å². The van der Waals surface area contributed by atoms with Gasteiger partial charge in [0, 0.05) is 11.3 Å². The Bertz CT molecular complexity index is 926. The van der Waals surface area contributed by atoms with Crippen molar-refractivity contribution in [2.75, 3.05) is 12.4 Å². The van der Waals surface area contributed by atoms with Gasteiger partial charge in [0.15, 0.2) is 11.5 Å². The van der Waals surface area contributed by atoms with E-state index in [4.69, 9.17) is 13.9 Å². The van der Waals surface area contributed by atoms with Crippen LogP contribution in [0.25, 0.3) is 0 Å². The van der Waals surface area contributed by atoms with E-state index in [0.717, 1.165) is 5.75 Å². The van der Waals surface area contributed by atoms with E-state index in [1.165, 1.54) is 6.92 Å². The topological polar surface area (TPSA) is 77.8 Å². The van der Waals surface area contributed by atoms with Crippen LogP contribution in [0.2, 0.25) is 0 Å². The molecule has 1 amide bonds. The molecular weight excluding hydrogens is 346 g/mol. The number of Topliss-reactive ketones (excluding diaryl/α,β-unsaturated/α-hetero) is 1. The molecule has 0 bridgehead atoms. The predicted molar refractivity (Wildman–Crippen MR) is 100 cm³/mol. The van der Waals surface area contributed by atoms with Gasteiger partial charge in [-0.25, -0.2) is 0 Å². The molecule has 3 rings (SSSR count). The summed E-state index contributed by atoms with van der Waals surface area (Å²) in [6, 6.07) is 17.1. The van der Waals surface area contributed by atoms with E-state index in [0.29, 0.717) is 22.8 Å². The van der Waals surface area contributed by atoms with Crippen LogP contribution in [0.1, 0.15) is 33.6 Å². The van der Waals surface area contributed by atoms with Crippen molar-refractivity contribution in [1.82, 2.24) is 0 Å². The molecule has 6 nitrogen and oxygen atoms in total. The maximum atomic E-state index is 12.3. The molecule has 0 atom stereocenters. The van der Waals surface area contributed by atoms with Crippen LogP contribution in [-0.4, -0.2) is 18.8 Å². The SMILES string of the molecule is COc1ccc(OCc2ccc(C(=O)Nc3ccc(C(C)=O)cc3)o2)cc1. The molecule has 138 valence electrons. The van der Waals surface area contributed by atoms with E-state index in [-0.39, 0.29) is 24.1 Å². The lowest BCUT2D eigenvalue weighted by atomic mass is 10.1. The summed E-state index contributed by atoms with van der Waals surface area (Å²) >= 11 is 0. The Hall–Kier alpha value is -3.54. The van der Waals surface area contributed by atoms with Gasteiger partial charge in [-0.3, -0.25) is 9.59 Å². The molecule has 0 aliphatic rings. The number of nitrogens with one attached hydrogen (secondary N) is 1. The molecule has 1 N–H and O–H groups in total. The van der Waals surface area contributed by atoms with Gasteiger partial charge in [-0.1, -0.05) is 0 Å². The monoisotopic (exact) mass is 365 g/mol. The first-order valence-corrected chi connectivity index (χ1v) is 8.33. The van der Waals surface area contributed by atoms with Crippen LogP contribution in [-0.2, 0) is 6.61 Å². The molecule has 0 aliphatic heterocycles. The van der Waals surface area contributed by atoms with Gasteiger partial charge in [0.05, 0.1) is 7.11 Å². The van der Waals surface area contributed by atoms with Gasteiger partial charge in [-0.05, 0) is 67.6 Å². The van der Waals surface area contributed by atoms with E-state index in [2.05, 4.69) is 5.32 Å². The minimum Gasteiger partial charge on any atom is -0.497 e. The van der Waals surface area contributed by atoms with Gasteiger partial charge >= 0.3 is 0 Å². The van der Waals surface area contributed by atoms with Gasteiger partial charge in [-0.2, -0.15) is 0 Å². The first-order chi connectivity index (χ1) is 13.0. The Labute approximate surface area is 156 Å². The Morgan fingerprint density at radius 1 is 0.926 bits per heavy atom. The van der Waals surface area contributed by atoms with Crippen molar-refractivity contribution in [3.8, 4) is 11.5 Å². The molecule has 27 heavy (non-hydrogen) atoms. The standard InChI is InChI=1S/C21H19NO5/c1-14(23)15-3-5-16(6-4-15)22-21(24)20-12-11-19(27-20)13-26-18-9-7-17(25-2)8-10-18/h3-12H,13H2,1-2H3,(H,22,24). The van der Waals surface area contributed by atoms with Crippen LogP contribution < -0.4 is 14.8 Å². The second kappa shape index (κ2) is 8.23. The largest absolute Gasteiger partial charge is 0.497 e. The number of benzene rings is 2. The summed E-state index contributed by atoms with van der Waals surface area (Å²) in [5.74, 6) is 1.72. The maximum absolute atomic E-state index is 12.3. The van der Waals surface area contributed by atoms with Gasteiger partial charge < -0.3 is 19.2 Å². The van der Waals surface area contributed by atoms with Crippen LogP contribution in [0.5, 0.6) is 11.5 Å². The molecule has 0 fully saturated rings. The summed E-state index contributed by atoms with van der Waals surface area (Å²) in [5, 5.41) is 2.73. The molecule has 6 heteroatoms. The highest BCUT2D eigenvalue weighted by molar-refractivity contribution is 6.02. The summed E-state index contributed by atoms with van der Waals surface area (Å²) < 4.78 is 16.2. The lowest BCUT2D eigenvalue weighted by molar-refractivity contribution is 0.0990. The third-order valence-electron chi connectivity index (χ3n) is 3.88. The van der Waals surface area contributed by atoms with Crippen molar-refractivity contribution in [3.63, 3.8) is 0 Å². The zero-order valence-electron chi connectivity index (χ0n) is 15.0. The van der Waals surface area contributed by atoms with E-state index in [1.807, 2.05) is 0 Å². The van der Waals surface area contributed by atoms with Crippen LogP contribution in [0.15, 0.2) is 65.1 Å². The van der Waals surface area contributed by atoms with Crippen LogP contribution in [0, 0.1) is 0 Å². The Morgan fingerprint density at radius 3 is 2.22 bits per heavy atom. The van der Waals surface area contributed by atoms with Gasteiger partial charge in [0.1, 0.15) is 23.9 Å². The van der Waals surface area contributed by atoms with Crippen molar-refractivity contribution in [2.45, 2.75) is 13.5 Å². The second-order valence-electron chi connectivity index (χ2n) is 5.82. The fourth-order valence-corrected chi connectivity index (χ4v) is 2.38. The number of ketones is 1. The fourth-order valence-electron chi connectivity index (χ4n) is 2.38. The molecular formula is C21H19NO5. The van der Waals surface area contributed by atoms with Crippen molar-refractivity contribution >= 4 is 17.4 Å². The number of rotatable bonds is 7. The van der Waals surface area contributed by atoms with E-state index in [9.17, 15) is 9.59 Å². The first kappa shape index (κ1) is 18.3. The summed E-state index contributed by atoms with van der Waals surface area (Å²) in [7, 11) is 1.60. The van der Waals surface area contributed by atoms with E-state index < -0.39 is 0 Å². The molecule has 0 aliphatic carbocycles. The van der Waals surface area contributed by atoms with Crippen LogP contribution >= 0.6 is 0 Å². The average molecular weight is 365 g/mol. The molecule has 1 aromatic heterocycles. The lowest BCUT2D eigenvalue weighted by Crippen LogP contribution is -2.11. The molecule has 1 heterocycles. The normalized spacial score (nSPS) is 10.3. The highest BCUT2D eigenvalue weighted by Crippen LogP contribution is 2.19. The molecule has 0 radical (unpaired) electrons. The molecule has 0 saturated carbocycles. The molecule has 2 aromatic carbocycles. The second-order valence-corrected chi connectivity index (χ2v) is 5.82. The zero-order valence-corrected chi connectivity index (χ0v) is 15.0. The van der Waals surface area contributed by atoms with Crippen molar-refractivity contribution in [2.24, 2.45) is 0 Å². The smallest absolute Gasteiger partial charge is 0.291 e. The number of carbonyl (C=O) groups excluding carboxylic acids is 2. The molecule has 0 spiro atoms. The summed E-state index contributed by atoms with van der Waals surface area (Å²) in [6.45, 7) is 1.69. The highest BCUT2D eigenvalue weighted by atomic mass is 16.5. The first-order valence-electron chi connectivity index (χ1n) is 8.33. The molecule has 0 unspecified atom stereocenters. The fraction of sp³-hybridized carbons (Fsp3) is 0.143. The lowest BCUT2D eigenvalue weighted by Gasteiger charge is -2.06. The Balaban J connectivity index is 1.57. The molecule has 0 saturated heterocycles. The number of hydrogen-bond acceptors (Lipinski definition) is 5. The van der Waals surface area contributed by atoms with Gasteiger partial charge in [0.2, 0.25) is 0 Å². The van der Waals surface area contributed by atoms with Crippen molar-refractivity contribution in [1.29, 1.82) is 0 Å². The number of furan rings is 1. The number of carbonyl (C=O) groups is 2. The summed E-state index contributed by atoms with van der Waals surface area (Å²) in [4.78, 5) is 23.5. The average Bonchev–Trinajstić information content (AvgIpc) is 3.16. The third kappa shape index (κ3) is 4.76. The van der Waals surface area contributed by atoms with Gasteiger partial charge in [0.25, 0.3) is 5.91 Å². The highest BCUT2D eigenvalue weighted by Gasteiger charge is 2.12. The minimum atomic E-state index is -0.374. The summed E-state index contributed by atoms with van der Waals surface area (Å²) in [6.07, 6.45) is 0. The third-order valence-corrected chi connectivity index (χ3v) is 3.88. The Morgan fingerprint density at radius 2 is 1.59 bits per heavy atom. The van der Waals surface area contributed by atoms with E-state index >= 15 is 0 Å². The maximum Gasteiger partial charge on any atom is 0.291 e. The number of anilines is 1. The van der Waals surface area contributed by atoms with Gasteiger partial charge in [-0.15, -0.1) is 0 Å². The quantitative estimate of drug-likeness (QED) is 0.631. The van der Waals surface area contributed by atoms with Crippen LogP contribution in [0.3, 0.4) is 0 Å². The van der Waals surface area contributed by atoms with Crippen molar-refractivity contribution < 1.29 is 23.5 Å². The van der Waals surface area contributed by atoms with Crippen LogP contribution in [0.4, 0.5) is 5.69 Å². The Kier molecular flexibility index (Phi) is 5.56. The predicted octanol–water partition coefficient (Wildman–Crippen LogP) is 4.32. The minimum absolute atomic E-state index is 0.0274. The number of methoxy groups -OCH3 is 1. The number of ether oxygens (including phenoxy) is 2. The summed E-state index contributed by atoms with van der Waals surface area (Å²) in [5.41, 5.74) is 1.17. The zero-order chi connectivity index (χ0) is 19.2. The number of amides is 1. The molecule has 3 aromatic rings.